The fourth-order valence-corrected chi connectivity index (χ4v) is 2.66. The lowest BCUT2D eigenvalue weighted by atomic mass is 9.87. The van der Waals surface area contributed by atoms with E-state index in [1.807, 2.05) is 13.8 Å². The fraction of sp³-hybridized carbons (Fsp3) is 0.625. The Kier molecular flexibility index (Phi) is 4.63. The van der Waals surface area contributed by atoms with Gasteiger partial charge in [-0.05, 0) is 49.7 Å². The highest BCUT2D eigenvalue weighted by molar-refractivity contribution is 5.88. The second-order valence-corrected chi connectivity index (χ2v) is 6.23. The molecule has 0 aliphatic heterocycles. The molecule has 110 valence electrons. The van der Waals surface area contributed by atoms with E-state index in [-0.39, 0.29) is 5.92 Å². The van der Waals surface area contributed by atoms with Crippen molar-refractivity contribution in [1.29, 1.82) is 0 Å². The minimum absolute atomic E-state index is 0.223. The maximum atomic E-state index is 11.2. The van der Waals surface area contributed by atoms with Crippen LogP contribution in [0.5, 0.6) is 0 Å². The lowest BCUT2D eigenvalue weighted by Gasteiger charge is -2.27. The predicted molar refractivity (Wildman–Crippen MR) is 80.3 cm³/mol. The third-order valence-electron chi connectivity index (χ3n) is 4.05. The van der Waals surface area contributed by atoms with Crippen molar-refractivity contribution in [3.8, 4) is 0 Å². The average molecular weight is 276 g/mol. The third-order valence-corrected chi connectivity index (χ3v) is 4.05. The number of anilines is 1. The van der Waals surface area contributed by atoms with Crippen LogP contribution in [0, 0.1) is 5.92 Å². The Bertz CT molecular complexity index is 477. The molecule has 1 aliphatic carbocycles. The molecule has 2 N–H and O–H groups in total. The maximum Gasteiger partial charge on any atom is 0.335 e. The van der Waals surface area contributed by atoms with Gasteiger partial charge in [-0.3, -0.25) is 0 Å². The van der Waals surface area contributed by atoms with E-state index in [1.54, 1.807) is 12.1 Å². The molecule has 1 aliphatic rings. The minimum Gasteiger partial charge on any atom is -0.478 e. The number of rotatable bonds is 4. The zero-order valence-electron chi connectivity index (χ0n) is 12.5. The molecular weight excluding hydrogens is 252 g/mol. The summed E-state index contributed by atoms with van der Waals surface area (Å²) in [5.41, 5.74) is 1.15. The van der Waals surface area contributed by atoms with Crippen LogP contribution in [-0.4, -0.2) is 22.1 Å². The van der Waals surface area contributed by atoms with Crippen LogP contribution in [0.2, 0.25) is 0 Å². The second kappa shape index (κ2) is 6.25. The molecule has 0 bridgehead atoms. The van der Waals surface area contributed by atoms with Crippen LogP contribution >= 0.6 is 0 Å². The number of hydrogen-bond donors (Lipinski definition) is 2. The lowest BCUT2D eigenvalue weighted by molar-refractivity contribution is 0.0696. The van der Waals surface area contributed by atoms with Crippen molar-refractivity contribution in [3.05, 3.63) is 23.4 Å². The minimum atomic E-state index is -0.894. The summed E-state index contributed by atoms with van der Waals surface area (Å²) in [6.07, 6.45) is 4.73. The number of aromatic nitrogens is 1. The van der Waals surface area contributed by atoms with Crippen LogP contribution in [0.3, 0.4) is 0 Å². The van der Waals surface area contributed by atoms with Gasteiger partial charge >= 0.3 is 5.97 Å². The summed E-state index contributed by atoms with van der Waals surface area (Å²) in [5.74, 6) is 0.835. The monoisotopic (exact) mass is 276 g/mol. The SMILES string of the molecule is CC1CCC(Nc2cc(C(=O)O)cc(C(C)C)n2)CC1. The van der Waals surface area contributed by atoms with E-state index < -0.39 is 5.97 Å². The predicted octanol–water partition coefficient (Wildman–Crippen LogP) is 3.89. The molecule has 1 saturated carbocycles. The Labute approximate surface area is 120 Å². The number of pyridine rings is 1. The molecule has 20 heavy (non-hydrogen) atoms. The first kappa shape index (κ1) is 14.8. The van der Waals surface area contributed by atoms with E-state index >= 15 is 0 Å². The van der Waals surface area contributed by atoms with Crippen LogP contribution in [0.4, 0.5) is 5.82 Å². The van der Waals surface area contributed by atoms with Gasteiger partial charge in [-0.2, -0.15) is 0 Å². The maximum absolute atomic E-state index is 11.2. The first-order valence-corrected chi connectivity index (χ1v) is 7.47. The molecular formula is C16H24N2O2. The normalized spacial score (nSPS) is 22.8. The Morgan fingerprint density at radius 2 is 1.95 bits per heavy atom. The Morgan fingerprint density at radius 3 is 2.50 bits per heavy atom. The fourth-order valence-electron chi connectivity index (χ4n) is 2.66. The van der Waals surface area contributed by atoms with Gasteiger partial charge in [-0.1, -0.05) is 20.8 Å². The van der Waals surface area contributed by atoms with Gasteiger partial charge in [0, 0.05) is 11.7 Å². The van der Waals surface area contributed by atoms with Crippen molar-refractivity contribution in [2.75, 3.05) is 5.32 Å². The topological polar surface area (TPSA) is 62.2 Å². The standard InChI is InChI=1S/C16H24N2O2/c1-10(2)14-8-12(16(19)20)9-15(18-14)17-13-6-4-11(3)5-7-13/h8-11,13H,4-7H2,1-3H3,(H,17,18)(H,19,20). The molecule has 4 nitrogen and oxygen atoms in total. The first-order chi connectivity index (χ1) is 9.45. The van der Waals surface area contributed by atoms with Crippen LogP contribution in [0.25, 0.3) is 0 Å². The summed E-state index contributed by atoms with van der Waals surface area (Å²) in [6, 6.07) is 3.73. The summed E-state index contributed by atoms with van der Waals surface area (Å²) in [6.45, 7) is 6.34. The number of hydrogen-bond acceptors (Lipinski definition) is 3. The number of carbonyl (C=O) groups is 1. The number of carboxylic acids is 1. The van der Waals surface area contributed by atoms with Gasteiger partial charge in [0.25, 0.3) is 0 Å². The quantitative estimate of drug-likeness (QED) is 0.875. The summed E-state index contributed by atoms with van der Waals surface area (Å²) >= 11 is 0. The third kappa shape index (κ3) is 3.71. The molecule has 0 spiro atoms. The van der Waals surface area contributed by atoms with Crippen molar-refractivity contribution in [2.24, 2.45) is 5.92 Å². The van der Waals surface area contributed by atoms with E-state index in [0.717, 1.165) is 24.5 Å². The summed E-state index contributed by atoms with van der Waals surface area (Å²) in [5, 5.41) is 12.6. The smallest absolute Gasteiger partial charge is 0.335 e. The Hall–Kier alpha value is -1.58. The number of carboxylic acid groups (broad SMARTS) is 1. The summed E-state index contributed by atoms with van der Waals surface area (Å²) < 4.78 is 0. The molecule has 1 aromatic rings. The van der Waals surface area contributed by atoms with Gasteiger partial charge in [0.15, 0.2) is 0 Å². The van der Waals surface area contributed by atoms with Gasteiger partial charge in [0.05, 0.1) is 5.56 Å². The molecule has 0 atom stereocenters. The molecule has 0 radical (unpaired) electrons. The van der Waals surface area contributed by atoms with Gasteiger partial charge < -0.3 is 10.4 Å². The van der Waals surface area contributed by atoms with Crippen LogP contribution in [-0.2, 0) is 0 Å². The van der Waals surface area contributed by atoms with Crippen molar-refractivity contribution in [1.82, 2.24) is 4.98 Å². The molecule has 0 amide bonds. The average Bonchev–Trinajstić information content (AvgIpc) is 2.41. The molecule has 2 rings (SSSR count). The molecule has 1 fully saturated rings. The van der Waals surface area contributed by atoms with E-state index in [4.69, 9.17) is 0 Å². The molecule has 0 unspecified atom stereocenters. The zero-order chi connectivity index (χ0) is 14.7. The van der Waals surface area contributed by atoms with Crippen molar-refractivity contribution in [3.63, 3.8) is 0 Å². The van der Waals surface area contributed by atoms with E-state index in [2.05, 4.69) is 17.2 Å². The Balaban J connectivity index is 2.16. The van der Waals surface area contributed by atoms with Crippen LogP contribution in [0.1, 0.15) is 68.4 Å². The highest BCUT2D eigenvalue weighted by atomic mass is 16.4. The summed E-state index contributed by atoms with van der Waals surface area (Å²) in [4.78, 5) is 15.8. The number of aromatic carboxylic acids is 1. The first-order valence-electron chi connectivity index (χ1n) is 7.47. The molecule has 0 aromatic carbocycles. The highest BCUT2D eigenvalue weighted by Crippen LogP contribution is 2.26. The van der Waals surface area contributed by atoms with Gasteiger partial charge in [-0.15, -0.1) is 0 Å². The molecule has 4 heteroatoms. The highest BCUT2D eigenvalue weighted by Gasteiger charge is 2.19. The summed E-state index contributed by atoms with van der Waals surface area (Å²) in [7, 11) is 0. The zero-order valence-corrected chi connectivity index (χ0v) is 12.5. The Morgan fingerprint density at radius 1 is 1.30 bits per heavy atom. The van der Waals surface area contributed by atoms with E-state index in [0.29, 0.717) is 17.4 Å². The van der Waals surface area contributed by atoms with Crippen LogP contribution in [0.15, 0.2) is 12.1 Å². The van der Waals surface area contributed by atoms with Crippen LogP contribution < -0.4 is 5.32 Å². The number of nitrogens with one attached hydrogen (secondary N) is 1. The molecule has 1 aromatic heterocycles. The van der Waals surface area contributed by atoms with Crippen molar-refractivity contribution < 1.29 is 9.90 Å². The van der Waals surface area contributed by atoms with Gasteiger partial charge in [0.1, 0.15) is 5.82 Å². The van der Waals surface area contributed by atoms with E-state index in [1.165, 1.54) is 12.8 Å². The number of nitrogens with zero attached hydrogens (tertiary/aromatic N) is 1. The molecule has 1 heterocycles. The lowest BCUT2D eigenvalue weighted by Crippen LogP contribution is -2.26. The molecule has 0 saturated heterocycles. The van der Waals surface area contributed by atoms with Gasteiger partial charge in [-0.25, -0.2) is 9.78 Å². The largest absolute Gasteiger partial charge is 0.478 e. The van der Waals surface area contributed by atoms with E-state index in [9.17, 15) is 9.90 Å². The second-order valence-electron chi connectivity index (χ2n) is 6.23. The van der Waals surface area contributed by atoms with Crippen molar-refractivity contribution in [2.45, 2.75) is 58.4 Å². The van der Waals surface area contributed by atoms with Gasteiger partial charge in [0.2, 0.25) is 0 Å². The van der Waals surface area contributed by atoms with Crippen molar-refractivity contribution >= 4 is 11.8 Å².